The van der Waals surface area contributed by atoms with Gasteiger partial charge in [0.05, 0.1) is 23.1 Å². The number of nitrogens with one attached hydrogen (secondary N) is 1. The number of halogens is 3. The number of nitrogens with zero attached hydrogens (tertiary/aromatic N) is 4. The fraction of sp³-hybridized carbons (Fsp3) is 0.238. The molecule has 4 aromatic rings. The van der Waals surface area contributed by atoms with E-state index in [9.17, 15) is 13.2 Å². The van der Waals surface area contributed by atoms with Crippen LogP contribution in [-0.2, 0) is 25.7 Å². The van der Waals surface area contributed by atoms with Crippen LogP contribution in [0.1, 0.15) is 22.5 Å². The standard InChI is InChI=1S/C21H18F3N5/c22-21(23,24)14-5-7-16(8-6-14)29-12-15(26-27-29)11-28-10-9-18-17-3-1-2-4-19(17)25-20(18)13-28/h1-8,12,25H,9-11,13H2. The number of alkyl halides is 3. The van der Waals surface area contributed by atoms with Crippen molar-refractivity contribution in [2.45, 2.75) is 25.7 Å². The van der Waals surface area contributed by atoms with E-state index in [1.54, 1.807) is 6.20 Å². The maximum atomic E-state index is 12.7. The zero-order valence-electron chi connectivity index (χ0n) is 15.4. The number of rotatable bonds is 3. The minimum absolute atomic E-state index is 0.549. The highest BCUT2D eigenvalue weighted by Gasteiger charge is 2.30. The maximum Gasteiger partial charge on any atom is 0.416 e. The van der Waals surface area contributed by atoms with Crippen LogP contribution in [0, 0.1) is 0 Å². The molecule has 2 aromatic carbocycles. The first kappa shape index (κ1) is 17.9. The first-order valence-corrected chi connectivity index (χ1v) is 9.37. The Morgan fingerprint density at radius 2 is 1.83 bits per heavy atom. The molecule has 0 unspecified atom stereocenters. The molecule has 1 aliphatic rings. The van der Waals surface area contributed by atoms with E-state index >= 15 is 0 Å². The number of para-hydroxylation sites is 1. The monoisotopic (exact) mass is 397 g/mol. The van der Waals surface area contributed by atoms with Crippen molar-refractivity contribution in [1.29, 1.82) is 0 Å². The highest BCUT2D eigenvalue weighted by atomic mass is 19.4. The minimum atomic E-state index is -4.35. The Balaban J connectivity index is 1.30. The van der Waals surface area contributed by atoms with Gasteiger partial charge in [0.15, 0.2) is 0 Å². The molecule has 0 amide bonds. The number of aromatic amines is 1. The molecular formula is C21H18F3N5. The lowest BCUT2D eigenvalue weighted by atomic mass is 10.0. The molecule has 2 aromatic heterocycles. The zero-order chi connectivity index (χ0) is 20.0. The Bertz CT molecular complexity index is 1160. The van der Waals surface area contributed by atoms with Crippen molar-refractivity contribution in [2.75, 3.05) is 6.54 Å². The third kappa shape index (κ3) is 3.40. The lowest BCUT2D eigenvalue weighted by Gasteiger charge is -2.25. The van der Waals surface area contributed by atoms with Crippen LogP contribution in [0.25, 0.3) is 16.6 Å². The van der Waals surface area contributed by atoms with Gasteiger partial charge in [0.25, 0.3) is 0 Å². The van der Waals surface area contributed by atoms with Gasteiger partial charge in [-0.3, -0.25) is 4.90 Å². The Morgan fingerprint density at radius 3 is 2.62 bits per heavy atom. The van der Waals surface area contributed by atoms with Gasteiger partial charge < -0.3 is 4.98 Å². The van der Waals surface area contributed by atoms with Gasteiger partial charge in [0.2, 0.25) is 0 Å². The molecule has 0 aliphatic carbocycles. The first-order valence-electron chi connectivity index (χ1n) is 9.37. The van der Waals surface area contributed by atoms with Gasteiger partial charge in [0, 0.05) is 36.2 Å². The highest BCUT2D eigenvalue weighted by molar-refractivity contribution is 5.84. The third-order valence-corrected chi connectivity index (χ3v) is 5.35. The Labute approximate surface area is 164 Å². The van der Waals surface area contributed by atoms with Crippen molar-refractivity contribution < 1.29 is 13.2 Å². The van der Waals surface area contributed by atoms with Crippen LogP contribution in [0.2, 0.25) is 0 Å². The van der Waals surface area contributed by atoms with E-state index in [1.807, 2.05) is 6.07 Å². The molecule has 0 bridgehead atoms. The molecule has 0 fully saturated rings. The molecule has 0 saturated carbocycles. The second-order valence-corrected chi connectivity index (χ2v) is 7.29. The topological polar surface area (TPSA) is 49.7 Å². The van der Waals surface area contributed by atoms with Crippen molar-refractivity contribution in [3.8, 4) is 5.69 Å². The van der Waals surface area contributed by atoms with Crippen molar-refractivity contribution in [1.82, 2.24) is 24.9 Å². The molecule has 5 nitrogen and oxygen atoms in total. The van der Waals surface area contributed by atoms with Gasteiger partial charge in [0.1, 0.15) is 0 Å². The van der Waals surface area contributed by atoms with Gasteiger partial charge >= 0.3 is 6.18 Å². The number of hydrogen-bond donors (Lipinski definition) is 1. The van der Waals surface area contributed by atoms with E-state index < -0.39 is 11.7 Å². The van der Waals surface area contributed by atoms with Crippen molar-refractivity contribution >= 4 is 10.9 Å². The molecule has 5 rings (SSSR count). The van der Waals surface area contributed by atoms with Gasteiger partial charge in [-0.2, -0.15) is 13.2 Å². The highest BCUT2D eigenvalue weighted by Crippen LogP contribution is 2.30. The molecule has 29 heavy (non-hydrogen) atoms. The smallest absolute Gasteiger partial charge is 0.357 e. The van der Waals surface area contributed by atoms with Crippen molar-refractivity contribution in [3.05, 3.63) is 77.2 Å². The van der Waals surface area contributed by atoms with Crippen LogP contribution in [0.5, 0.6) is 0 Å². The van der Waals surface area contributed by atoms with E-state index in [1.165, 1.54) is 33.5 Å². The summed E-state index contributed by atoms with van der Waals surface area (Å²) in [7, 11) is 0. The van der Waals surface area contributed by atoms with E-state index in [0.29, 0.717) is 12.2 Å². The van der Waals surface area contributed by atoms with E-state index in [0.717, 1.165) is 42.9 Å². The van der Waals surface area contributed by atoms with Crippen molar-refractivity contribution in [3.63, 3.8) is 0 Å². The second kappa shape index (κ2) is 6.73. The molecule has 1 N–H and O–H groups in total. The summed E-state index contributed by atoms with van der Waals surface area (Å²) in [5.41, 5.74) is 4.42. The number of aromatic nitrogens is 4. The van der Waals surface area contributed by atoms with Gasteiger partial charge in [-0.05, 0) is 42.3 Å². The molecule has 0 spiro atoms. The van der Waals surface area contributed by atoms with Crippen molar-refractivity contribution in [2.24, 2.45) is 0 Å². The van der Waals surface area contributed by atoms with Crippen LogP contribution >= 0.6 is 0 Å². The summed E-state index contributed by atoms with van der Waals surface area (Å²) in [6, 6.07) is 13.2. The summed E-state index contributed by atoms with van der Waals surface area (Å²) in [4.78, 5) is 5.80. The summed E-state index contributed by atoms with van der Waals surface area (Å²) in [5, 5.41) is 9.56. The number of fused-ring (bicyclic) bond motifs is 3. The lowest BCUT2D eigenvalue weighted by Crippen LogP contribution is -2.30. The Kier molecular flexibility index (Phi) is 4.16. The molecule has 1 aliphatic heterocycles. The fourth-order valence-electron chi connectivity index (χ4n) is 3.91. The molecule has 3 heterocycles. The number of hydrogen-bond acceptors (Lipinski definition) is 3. The van der Waals surface area contributed by atoms with Crippen LogP contribution in [0.3, 0.4) is 0 Å². The van der Waals surface area contributed by atoms with E-state index in [2.05, 4.69) is 38.4 Å². The lowest BCUT2D eigenvalue weighted by molar-refractivity contribution is -0.137. The van der Waals surface area contributed by atoms with Crippen LogP contribution in [0.4, 0.5) is 13.2 Å². The van der Waals surface area contributed by atoms with E-state index in [-0.39, 0.29) is 0 Å². The molecular weight excluding hydrogens is 379 g/mol. The third-order valence-electron chi connectivity index (χ3n) is 5.35. The normalized spacial score (nSPS) is 15.0. The number of H-pyrrole nitrogens is 1. The molecule has 0 radical (unpaired) electrons. The molecule has 8 heteroatoms. The number of benzene rings is 2. The summed E-state index contributed by atoms with van der Waals surface area (Å²) < 4.78 is 39.7. The van der Waals surface area contributed by atoms with Crippen LogP contribution < -0.4 is 0 Å². The van der Waals surface area contributed by atoms with Crippen LogP contribution in [-0.4, -0.2) is 31.4 Å². The second-order valence-electron chi connectivity index (χ2n) is 7.29. The average Bonchev–Trinajstić information content (AvgIpc) is 3.31. The van der Waals surface area contributed by atoms with Gasteiger partial charge in [-0.15, -0.1) is 5.10 Å². The van der Waals surface area contributed by atoms with Gasteiger partial charge in [-0.1, -0.05) is 23.4 Å². The minimum Gasteiger partial charge on any atom is -0.357 e. The zero-order valence-corrected chi connectivity index (χ0v) is 15.4. The quantitative estimate of drug-likeness (QED) is 0.560. The summed E-state index contributed by atoms with van der Waals surface area (Å²) >= 11 is 0. The van der Waals surface area contributed by atoms with Gasteiger partial charge in [-0.25, -0.2) is 4.68 Å². The Hall–Kier alpha value is -3.13. The summed E-state index contributed by atoms with van der Waals surface area (Å²) in [6.45, 7) is 2.36. The van der Waals surface area contributed by atoms with E-state index in [4.69, 9.17) is 0 Å². The molecule has 0 saturated heterocycles. The predicted molar refractivity (Wildman–Crippen MR) is 102 cm³/mol. The molecule has 0 atom stereocenters. The first-order chi connectivity index (χ1) is 14.0. The average molecular weight is 397 g/mol. The van der Waals surface area contributed by atoms with Crippen LogP contribution in [0.15, 0.2) is 54.7 Å². The summed E-state index contributed by atoms with van der Waals surface area (Å²) in [5.74, 6) is 0. The largest absolute Gasteiger partial charge is 0.416 e. The Morgan fingerprint density at radius 1 is 1.03 bits per heavy atom. The maximum absolute atomic E-state index is 12.7. The summed E-state index contributed by atoms with van der Waals surface area (Å²) in [6.07, 6.45) is -1.61. The molecule has 148 valence electrons. The SMILES string of the molecule is FC(F)(F)c1ccc(-n2cc(CN3CCc4c([nH]c5ccccc45)C3)nn2)cc1. The fourth-order valence-corrected chi connectivity index (χ4v) is 3.91. The predicted octanol–water partition coefficient (Wildman–Crippen LogP) is 4.33.